The van der Waals surface area contributed by atoms with E-state index in [9.17, 15) is 0 Å². The minimum absolute atomic E-state index is 0.145. The van der Waals surface area contributed by atoms with Gasteiger partial charge in [-0.1, -0.05) is 0 Å². The molecule has 17 heavy (non-hydrogen) atoms. The van der Waals surface area contributed by atoms with Crippen molar-refractivity contribution in [3.05, 3.63) is 18.2 Å². The molecule has 1 aliphatic heterocycles. The van der Waals surface area contributed by atoms with Crippen LogP contribution in [0.15, 0.2) is 18.2 Å². The third-order valence-electron chi connectivity index (χ3n) is 3.56. The van der Waals surface area contributed by atoms with Gasteiger partial charge in [-0.3, -0.25) is 0 Å². The predicted molar refractivity (Wildman–Crippen MR) is 73.4 cm³/mol. The zero-order valence-electron chi connectivity index (χ0n) is 11.4. The van der Waals surface area contributed by atoms with Crippen molar-refractivity contribution in [2.45, 2.75) is 26.3 Å². The predicted octanol–water partition coefficient (Wildman–Crippen LogP) is 2.75. The second-order valence-electron chi connectivity index (χ2n) is 5.31. The number of rotatable bonds is 2. The van der Waals surface area contributed by atoms with Crippen molar-refractivity contribution >= 4 is 11.4 Å². The molecule has 0 unspecified atom stereocenters. The summed E-state index contributed by atoms with van der Waals surface area (Å²) < 4.78 is 5.58. The van der Waals surface area contributed by atoms with Crippen LogP contribution in [0.3, 0.4) is 0 Å². The molecule has 0 saturated heterocycles. The Labute approximate surface area is 104 Å². The summed E-state index contributed by atoms with van der Waals surface area (Å²) in [4.78, 5) is 4.65. The van der Waals surface area contributed by atoms with Crippen LogP contribution in [0.2, 0.25) is 0 Å². The Kier molecular flexibility index (Phi) is 2.94. The largest absolute Gasteiger partial charge is 0.494 e. The van der Waals surface area contributed by atoms with E-state index in [0.29, 0.717) is 6.61 Å². The summed E-state index contributed by atoms with van der Waals surface area (Å²) in [5.41, 5.74) is 2.66. The normalized spacial score (nSPS) is 17.9. The average molecular weight is 234 g/mol. The Morgan fingerprint density at radius 1 is 1.24 bits per heavy atom. The van der Waals surface area contributed by atoms with Gasteiger partial charge in [-0.15, -0.1) is 0 Å². The molecule has 0 amide bonds. The molecular formula is C14H22N2O. The lowest BCUT2D eigenvalue weighted by molar-refractivity contribution is 0.340. The van der Waals surface area contributed by atoms with Gasteiger partial charge in [0.1, 0.15) is 5.75 Å². The summed E-state index contributed by atoms with van der Waals surface area (Å²) in [5.74, 6) is 0.948. The molecule has 0 aliphatic carbocycles. The van der Waals surface area contributed by atoms with E-state index in [2.05, 4.69) is 49.9 Å². The summed E-state index contributed by atoms with van der Waals surface area (Å²) in [6.07, 6.45) is 0. The van der Waals surface area contributed by atoms with E-state index in [4.69, 9.17) is 4.74 Å². The Morgan fingerprint density at radius 2 is 1.94 bits per heavy atom. The highest BCUT2D eigenvalue weighted by atomic mass is 16.5. The van der Waals surface area contributed by atoms with Crippen LogP contribution < -0.4 is 14.5 Å². The van der Waals surface area contributed by atoms with Crippen molar-refractivity contribution in [3.63, 3.8) is 0 Å². The second-order valence-corrected chi connectivity index (χ2v) is 5.31. The number of ether oxygens (including phenoxy) is 1. The molecule has 94 valence electrons. The van der Waals surface area contributed by atoms with Gasteiger partial charge in [0.25, 0.3) is 0 Å². The van der Waals surface area contributed by atoms with Crippen LogP contribution in [0.4, 0.5) is 11.4 Å². The monoisotopic (exact) mass is 234 g/mol. The van der Waals surface area contributed by atoms with Crippen LogP contribution >= 0.6 is 0 Å². The Morgan fingerprint density at radius 3 is 2.59 bits per heavy atom. The molecule has 3 nitrogen and oxygen atoms in total. The van der Waals surface area contributed by atoms with Crippen molar-refractivity contribution in [2.75, 3.05) is 37.0 Å². The first-order valence-corrected chi connectivity index (χ1v) is 6.17. The molecule has 1 aliphatic rings. The lowest BCUT2D eigenvalue weighted by atomic mass is 9.97. The fraction of sp³-hybridized carbons (Fsp3) is 0.571. The lowest BCUT2D eigenvalue weighted by Gasteiger charge is -2.47. The standard InChI is InChI=1S/C14H22N2O/c1-6-17-11-7-8-12-13(9-11)16(5)14(2,3)10-15(12)4/h7-9H,6,10H2,1-5H3. The third-order valence-corrected chi connectivity index (χ3v) is 3.56. The van der Waals surface area contributed by atoms with Gasteiger partial charge in [0.2, 0.25) is 0 Å². The maximum absolute atomic E-state index is 5.58. The number of nitrogens with zero attached hydrogens (tertiary/aromatic N) is 2. The minimum atomic E-state index is 0.145. The molecule has 0 atom stereocenters. The second kappa shape index (κ2) is 4.13. The summed E-state index contributed by atoms with van der Waals surface area (Å²) in [6, 6.07) is 6.33. The number of benzene rings is 1. The van der Waals surface area contributed by atoms with E-state index in [-0.39, 0.29) is 5.54 Å². The number of anilines is 2. The maximum Gasteiger partial charge on any atom is 0.121 e. The summed E-state index contributed by atoms with van der Waals surface area (Å²) >= 11 is 0. The maximum atomic E-state index is 5.58. The lowest BCUT2D eigenvalue weighted by Crippen LogP contribution is -2.53. The zero-order valence-corrected chi connectivity index (χ0v) is 11.4. The summed E-state index contributed by atoms with van der Waals surface area (Å²) in [6.45, 7) is 8.28. The topological polar surface area (TPSA) is 15.7 Å². The van der Waals surface area contributed by atoms with E-state index < -0.39 is 0 Å². The molecule has 0 aromatic heterocycles. The van der Waals surface area contributed by atoms with Crippen LogP contribution in [0.25, 0.3) is 0 Å². The molecule has 0 spiro atoms. The first-order valence-electron chi connectivity index (χ1n) is 6.17. The highest BCUT2D eigenvalue weighted by Crippen LogP contribution is 2.39. The van der Waals surface area contributed by atoms with Crippen LogP contribution in [0.1, 0.15) is 20.8 Å². The molecule has 0 fully saturated rings. The quantitative estimate of drug-likeness (QED) is 0.782. The Balaban J connectivity index is 2.44. The molecule has 1 aromatic carbocycles. The van der Waals surface area contributed by atoms with Crippen molar-refractivity contribution < 1.29 is 4.74 Å². The first-order chi connectivity index (χ1) is 7.95. The number of hydrogen-bond acceptors (Lipinski definition) is 3. The number of fused-ring (bicyclic) bond motifs is 1. The molecule has 0 radical (unpaired) electrons. The van der Waals surface area contributed by atoms with Crippen LogP contribution in [0, 0.1) is 0 Å². The van der Waals surface area contributed by atoms with Gasteiger partial charge in [-0.25, -0.2) is 0 Å². The van der Waals surface area contributed by atoms with Crippen molar-refractivity contribution in [1.82, 2.24) is 0 Å². The van der Waals surface area contributed by atoms with Gasteiger partial charge >= 0.3 is 0 Å². The first kappa shape index (κ1) is 12.1. The van der Waals surface area contributed by atoms with Crippen LogP contribution in [-0.2, 0) is 0 Å². The van der Waals surface area contributed by atoms with Gasteiger partial charge in [-0.05, 0) is 32.9 Å². The molecule has 0 saturated carbocycles. The Hall–Kier alpha value is -1.38. The van der Waals surface area contributed by atoms with E-state index >= 15 is 0 Å². The van der Waals surface area contributed by atoms with Gasteiger partial charge < -0.3 is 14.5 Å². The molecular weight excluding hydrogens is 212 g/mol. The highest BCUT2D eigenvalue weighted by Gasteiger charge is 2.32. The van der Waals surface area contributed by atoms with Gasteiger partial charge in [0.05, 0.1) is 23.5 Å². The molecule has 3 heteroatoms. The zero-order chi connectivity index (χ0) is 12.6. The van der Waals surface area contributed by atoms with Crippen molar-refractivity contribution in [3.8, 4) is 5.75 Å². The van der Waals surface area contributed by atoms with Crippen molar-refractivity contribution in [2.24, 2.45) is 0 Å². The van der Waals surface area contributed by atoms with Crippen LogP contribution in [-0.4, -0.2) is 32.8 Å². The SMILES string of the molecule is CCOc1ccc2c(c1)N(C)C(C)(C)CN2C. The molecule has 1 heterocycles. The fourth-order valence-corrected chi connectivity index (χ4v) is 2.45. The Bertz CT molecular complexity index is 415. The average Bonchev–Trinajstić information content (AvgIpc) is 2.26. The van der Waals surface area contributed by atoms with Gasteiger partial charge in [0, 0.05) is 26.7 Å². The van der Waals surface area contributed by atoms with Crippen molar-refractivity contribution in [1.29, 1.82) is 0 Å². The number of likely N-dealkylation sites (N-methyl/N-ethyl adjacent to an activating group) is 2. The van der Waals surface area contributed by atoms with Crippen LogP contribution in [0.5, 0.6) is 5.75 Å². The highest BCUT2D eigenvalue weighted by molar-refractivity contribution is 5.76. The smallest absolute Gasteiger partial charge is 0.121 e. The summed E-state index contributed by atoms with van der Waals surface area (Å²) in [7, 11) is 4.30. The number of hydrogen-bond donors (Lipinski definition) is 0. The van der Waals surface area contributed by atoms with E-state index in [1.54, 1.807) is 0 Å². The summed E-state index contributed by atoms with van der Waals surface area (Å²) in [5, 5.41) is 0. The van der Waals surface area contributed by atoms with Gasteiger partial charge in [0.15, 0.2) is 0 Å². The van der Waals surface area contributed by atoms with E-state index in [0.717, 1.165) is 12.3 Å². The van der Waals surface area contributed by atoms with E-state index in [1.165, 1.54) is 11.4 Å². The van der Waals surface area contributed by atoms with E-state index in [1.807, 2.05) is 13.0 Å². The molecule has 0 bridgehead atoms. The third kappa shape index (κ3) is 2.06. The molecule has 2 rings (SSSR count). The minimum Gasteiger partial charge on any atom is -0.494 e. The van der Waals surface area contributed by atoms with Gasteiger partial charge in [-0.2, -0.15) is 0 Å². The molecule has 0 N–H and O–H groups in total. The fourth-order valence-electron chi connectivity index (χ4n) is 2.45. The molecule has 1 aromatic rings.